The number of hydrogen-bond acceptors (Lipinski definition) is 4. The van der Waals surface area contributed by atoms with Crippen molar-refractivity contribution in [3.8, 4) is 0 Å². The Kier molecular flexibility index (Phi) is 3.66. The van der Waals surface area contributed by atoms with Crippen molar-refractivity contribution in [1.82, 2.24) is 20.0 Å². The van der Waals surface area contributed by atoms with Crippen LogP contribution in [-0.2, 0) is 11.3 Å². The number of carbonyl (C=O) groups is 1. The van der Waals surface area contributed by atoms with Gasteiger partial charge in [-0.3, -0.25) is 14.5 Å². The van der Waals surface area contributed by atoms with Gasteiger partial charge in [-0.25, -0.2) is 0 Å². The SMILES string of the molecule is O=C(CCn1ccnn1)Nc1cnccc1Cl. The summed E-state index contributed by atoms with van der Waals surface area (Å²) in [5.41, 5.74) is 0.512. The van der Waals surface area contributed by atoms with Crippen LogP contribution in [0.5, 0.6) is 0 Å². The normalized spacial score (nSPS) is 10.2. The Morgan fingerprint density at radius 2 is 2.35 bits per heavy atom. The maximum atomic E-state index is 11.6. The molecule has 0 atom stereocenters. The summed E-state index contributed by atoms with van der Waals surface area (Å²) in [6.45, 7) is 0.476. The first kappa shape index (κ1) is 11.5. The van der Waals surface area contributed by atoms with Crippen LogP contribution in [0.25, 0.3) is 0 Å². The number of hydrogen-bond donors (Lipinski definition) is 1. The van der Waals surface area contributed by atoms with E-state index in [9.17, 15) is 4.79 Å². The van der Waals surface area contributed by atoms with Crippen molar-refractivity contribution in [2.75, 3.05) is 5.32 Å². The van der Waals surface area contributed by atoms with Crippen LogP contribution < -0.4 is 5.32 Å². The topological polar surface area (TPSA) is 72.7 Å². The molecule has 1 amide bonds. The van der Waals surface area contributed by atoms with Gasteiger partial charge in [0.15, 0.2) is 0 Å². The van der Waals surface area contributed by atoms with E-state index < -0.39 is 0 Å². The molecule has 0 spiro atoms. The van der Waals surface area contributed by atoms with Crippen molar-refractivity contribution in [1.29, 1.82) is 0 Å². The number of aryl methyl sites for hydroxylation is 1. The zero-order chi connectivity index (χ0) is 12.1. The summed E-state index contributed by atoms with van der Waals surface area (Å²) in [7, 11) is 0. The molecule has 0 bridgehead atoms. The number of nitrogens with one attached hydrogen (secondary N) is 1. The summed E-state index contributed by atoms with van der Waals surface area (Å²) in [5, 5.41) is 10.6. The van der Waals surface area contributed by atoms with E-state index in [4.69, 9.17) is 11.6 Å². The number of rotatable bonds is 4. The number of nitrogens with zero attached hydrogens (tertiary/aromatic N) is 4. The largest absolute Gasteiger partial charge is 0.323 e. The number of pyridine rings is 1. The molecule has 0 saturated carbocycles. The monoisotopic (exact) mass is 251 g/mol. The van der Waals surface area contributed by atoms with Gasteiger partial charge in [-0.05, 0) is 6.07 Å². The van der Waals surface area contributed by atoms with Gasteiger partial charge in [0.2, 0.25) is 5.91 Å². The molecule has 7 heteroatoms. The highest BCUT2D eigenvalue weighted by Gasteiger charge is 2.05. The minimum Gasteiger partial charge on any atom is -0.323 e. The molecule has 0 aliphatic carbocycles. The molecular weight excluding hydrogens is 242 g/mol. The molecule has 1 N–H and O–H groups in total. The molecule has 2 heterocycles. The number of halogens is 1. The fourth-order valence-corrected chi connectivity index (χ4v) is 1.40. The van der Waals surface area contributed by atoms with Crippen molar-refractivity contribution in [3.63, 3.8) is 0 Å². The summed E-state index contributed by atoms with van der Waals surface area (Å²) in [5.74, 6) is -0.143. The molecule has 0 unspecified atom stereocenters. The molecule has 2 rings (SSSR count). The molecule has 0 aromatic carbocycles. The highest BCUT2D eigenvalue weighted by molar-refractivity contribution is 6.33. The van der Waals surface area contributed by atoms with E-state index in [1.165, 1.54) is 6.20 Å². The average Bonchev–Trinajstić information content (AvgIpc) is 2.82. The van der Waals surface area contributed by atoms with Crippen molar-refractivity contribution in [3.05, 3.63) is 35.9 Å². The van der Waals surface area contributed by atoms with Crippen LogP contribution in [0, 0.1) is 0 Å². The molecule has 2 aromatic heterocycles. The van der Waals surface area contributed by atoms with Gasteiger partial charge in [0.25, 0.3) is 0 Å². The molecule has 0 radical (unpaired) electrons. The van der Waals surface area contributed by atoms with E-state index in [0.717, 1.165) is 0 Å². The number of carbonyl (C=O) groups excluding carboxylic acids is 1. The minimum absolute atomic E-state index is 0.143. The van der Waals surface area contributed by atoms with E-state index in [1.807, 2.05) is 0 Å². The first-order valence-electron chi connectivity index (χ1n) is 4.99. The second-order valence-corrected chi connectivity index (χ2v) is 3.73. The van der Waals surface area contributed by atoms with Crippen molar-refractivity contribution in [2.45, 2.75) is 13.0 Å². The first-order valence-corrected chi connectivity index (χ1v) is 5.37. The summed E-state index contributed by atoms with van der Waals surface area (Å²) in [6, 6.07) is 1.62. The predicted octanol–water partition coefficient (Wildman–Crippen LogP) is 1.36. The van der Waals surface area contributed by atoms with Gasteiger partial charge in [-0.1, -0.05) is 16.8 Å². The van der Waals surface area contributed by atoms with Crippen LogP contribution >= 0.6 is 11.6 Å². The van der Waals surface area contributed by atoms with Crippen molar-refractivity contribution in [2.24, 2.45) is 0 Å². The Balaban J connectivity index is 1.87. The smallest absolute Gasteiger partial charge is 0.226 e. The summed E-state index contributed by atoms with van der Waals surface area (Å²) in [4.78, 5) is 15.5. The second-order valence-electron chi connectivity index (χ2n) is 3.32. The third-order valence-electron chi connectivity index (χ3n) is 2.08. The van der Waals surface area contributed by atoms with Crippen molar-refractivity contribution < 1.29 is 4.79 Å². The number of anilines is 1. The Hall–Kier alpha value is -1.95. The quantitative estimate of drug-likeness (QED) is 0.890. The Morgan fingerprint density at radius 3 is 3.06 bits per heavy atom. The van der Waals surface area contributed by atoms with Gasteiger partial charge >= 0.3 is 0 Å². The number of amides is 1. The predicted molar refractivity (Wildman–Crippen MR) is 62.5 cm³/mol. The molecule has 0 saturated heterocycles. The maximum Gasteiger partial charge on any atom is 0.226 e. The summed E-state index contributed by atoms with van der Waals surface area (Å²) >= 11 is 5.89. The van der Waals surface area contributed by atoms with Crippen molar-refractivity contribution >= 4 is 23.2 Å². The van der Waals surface area contributed by atoms with Gasteiger partial charge in [-0.2, -0.15) is 0 Å². The maximum absolute atomic E-state index is 11.6. The third-order valence-corrected chi connectivity index (χ3v) is 2.41. The average molecular weight is 252 g/mol. The molecule has 88 valence electrons. The van der Waals surface area contributed by atoms with Crippen LogP contribution in [0.2, 0.25) is 5.02 Å². The minimum atomic E-state index is -0.143. The van der Waals surface area contributed by atoms with Crippen LogP contribution in [0.15, 0.2) is 30.9 Å². The van der Waals surface area contributed by atoms with Gasteiger partial charge in [0.1, 0.15) is 0 Å². The third kappa shape index (κ3) is 3.25. The standard InChI is InChI=1S/C10H10ClN5O/c11-8-1-3-12-7-9(8)14-10(17)2-5-16-6-4-13-15-16/h1,3-4,6-7H,2,5H2,(H,14,17). The summed E-state index contributed by atoms with van der Waals surface area (Å²) in [6.07, 6.45) is 6.64. The fraction of sp³-hybridized carbons (Fsp3) is 0.200. The molecular formula is C10H10ClN5O. The molecule has 2 aromatic rings. The van der Waals surface area contributed by atoms with Gasteiger partial charge in [0, 0.05) is 18.8 Å². The zero-order valence-corrected chi connectivity index (χ0v) is 9.63. The summed E-state index contributed by atoms with van der Waals surface area (Å²) < 4.78 is 1.59. The molecule has 17 heavy (non-hydrogen) atoms. The lowest BCUT2D eigenvalue weighted by Crippen LogP contribution is -2.15. The van der Waals surface area contributed by atoms with E-state index in [2.05, 4.69) is 20.6 Å². The molecule has 0 aliphatic rings. The van der Waals surface area contributed by atoms with Gasteiger partial charge < -0.3 is 5.32 Å². The highest BCUT2D eigenvalue weighted by atomic mass is 35.5. The molecule has 0 aliphatic heterocycles. The first-order chi connectivity index (χ1) is 8.25. The van der Waals surface area contributed by atoms with E-state index in [1.54, 1.807) is 29.3 Å². The second kappa shape index (κ2) is 5.40. The zero-order valence-electron chi connectivity index (χ0n) is 8.88. The van der Waals surface area contributed by atoms with E-state index in [0.29, 0.717) is 23.7 Å². The van der Waals surface area contributed by atoms with Crippen LogP contribution in [0.1, 0.15) is 6.42 Å². The van der Waals surface area contributed by atoms with Crippen LogP contribution in [0.3, 0.4) is 0 Å². The molecule has 0 fully saturated rings. The molecule has 6 nitrogen and oxygen atoms in total. The van der Waals surface area contributed by atoms with Crippen LogP contribution in [-0.4, -0.2) is 25.9 Å². The van der Waals surface area contributed by atoms with E-state index in [-0.39, 0.29) is 5.91 Å². The Labute approximate surface area is 103 Å². The van der Waals surface area contributed by atoms with E-state index >= 15 is 0 Å². The highest BCUT2D eigenvalue weighted by Crippen LogP contribution is 2.19. The van der Waals surface area contributed by atoms with Crippen LogP contribution in [0.4, 0.5) is 5.69 Å². The number of aromatic nitrogens is 4. The lowest BCUT2D eigenvalue weighted by Gasteiger charge is -2.05. The fourth-order valence-electron chi connectivity index (χ4n) is 1.25. The van der Waals surface area contributed by atoms with Gasteiger partial charge in [0.05, 0.1) is 29.6 Å². The lowest BCUT2D eigenvalue weighted by atomic mass is 10.3. The van der Waals surface area contributed by atoms with Gasteiger partial charge in [-0.15, -0.1) is 5.10 Å². The lowest BCUT2D eigenvalue weighted by molar-refractivity contribution is -0.116. The Morgan fingerprint density at radius 1 is 1.47 bits per heavy atom. The Bertz CT molecular complexity index is 499.